The number of nitrogens with one attached hydrogen (secondary N) is 2. The number of guanidine groups is 1. The number of hydrogen-bond donors (Lipinski definition) is 2. The molecule has 2 fully saturated rings. The largest absolute Gasteiger partial charge is 0.338 e. The second-order valence-corrected chi connectivity index (χ2v) is 6.69. The number of carbonyl (C=O) groups is 1. The number of benzene rings is 1. The molecule has 1 aromatic rings. The first-order chi connectivity index (χ1) is 10.0. The average Bonchev–Trinajstić information content (AvgIpc) is 3.23. The number of amides is 1. The van der Waals surface area contributed by atoms with Crippen molar-refractivity contribution in [2.75, 3.05) is 6.54 Å². The zero-order chi connectivity index (χ0) is 15.0. The van der Waals surface area contributed by atoms with Crippen LogP contribution in [0.25, 0.3) is 0 Å². The van der Waals surface area contributed by atoms with E-state index < -0.39 is 5.54 Å². The van der Waals surface area contributed by atoms with Crippen LogP contribution in [0.15, 0.2) is 29.3 Å². The first kappa shape index (κ1) is 14.4. The second kappa shape index (κ2) is 5.34. The Bertz CT molecular complexity index is 578. The summed E-state index contributed by atoms with van der Waals surface area (Å²) in [5.74, 6) is 1.37. The van der Waals surface area contributed by atoms with Crippen LogP contribution in [0.1, 0.15) is 32.3 Å². The van der Waals surface area contributed by atoms with Gasteiger partial charge in [0, 0.05) is 11.6 Å². The number of nitrogens with zero attached hydrogens (tertiary/aromatic N) is 1. The van der Waals surface area contributed by atoms with E-state index in [1.165, 1.54) is 0 Å². The maximum Gasteiger partial charge on any atom is 0.257 e. The van der Waals surface area contributed by atoms with Crippen molar-refractivity contribution >= 4 is 23.5 Å². The summed E-state index contributed by atoms with van der Waals surface area (Å²) in [7, 11) is 0. The normalized spacial score (nSPS) is 27.0. The fraction of sp³-hybridized carbons (Fsp3) is 0.500. The van der Waals surface area contributed by atoms with Gasteiger partial charge in [0.15, 0.2) is 5.96 Å². The van der Waals surface area contributed by atoms with Gasteiger partial charge in [0.25, 0.3) is 5.91 Å². The highest BCUT2D eigenvalue weighted by molar-refractivity contribution is 6.30. The Hall–Kier alpha value is -1.55. The van der Waals surface area contributed by atoms with Gasteiger partial charge in [0.1, 0.15) is 5.54 Å². The quantitative estimate of drug-likeness (QED) is 0.898. The van der Waals surface area contributed by atoms with Crippen LogP contribution in [0.2, 0.25) is 5.02 Å². The third kappa shape index (κ3) is 2.64. The summed E-state index contributed by atoms with van der Waals surface area (Å²) >= 11 is 5.96. The second-order valence-electron chi connectivity index (χ2n) is 6.25. The number of halogens is 1. The van der Waals surface area contributed by atoms with Crippen LogP contribution in [0, 0.1) is 11.8 Å². The molecule has 1 saturated carbocycles. The van der Waals surface area contributed by atoms with Gasteiger partial charge in [0.05, 0.1) is 0 Å². The van der Waals surface area contributed by atoms with Crippen LogP contribution in [-0.2, 0) is 10.3 Å². The van der Waals surface area contributed by atoms with Crippen LogP contribution < -0.4 is 10.6 Å². The molecular formula is C16H20ClN3O. The molecule has 2 N–H and O–H groups in total. The molecule has 1 aliphatic carbocycles. The molecule has 0 aromatic heterocycles. The summed E-state index contributed by atoms with van der Waals surface area (Å²) in [6.45, 7) is 4.91. The van der Waals surface area contributed by atoms with Crippen molar-refractivity contribution in [3.05, 3.63) is 34.9 Å². The summed E-state index contributed by atoms with van der Waals surface area (Å²) in [5.41, 5.74) is 0.280. The number of carbonyl (C=O) groups excluding carboxylic acids is 1. The summed E-state index contributed by atoms with van der Waals surface area (Å²) in [6.07, 6.45) is 2.11. The molecule has 0 radical (unpaired) electrons. The molecule has 2 aliphatic rings. The first-order valence-corrected chi connectivity index (χ1v) is 7.80. The molecular weight excluding hydrogens is 286 g/mol. The van der Waals surface area contributed by atoms with Crippen LogP contribution in [0.4, 0.5) is 0 Å². The van der Waals surface area contributed by atoms with E-state index in [1.807, 2.05) is 24.3 Å². The van der Waals surface area contributed by atoms with Crippen LogP contribution in [-0.4, -0.2) is 18.4 Å². The third-order valence-corrected chi connectivity index (χ3v) is 4.26. The molecule has 21 heavy (non-hydrogen) atoms. The van der Waals surface area contributed by atoms with Crippen LogP contribution in [0.5, 0.6) is 0 Å². The fourth-order valence-electron chi connectivity index (χ4n) is 2.79. The summed E-state index contributed by atoms with van der Waals surface area (Å²) < 4.78 is 0. The van der Waals surface area contributed by atoms with E-state index in [1.54, 1.807) is 0 Å². The predicted molar refractivity (Wildman–Crippen MR) is 84.3 cm³/mol. The van der Waals surface area contributed by atoms with E-state index in [9.17, 15) is 4.79 Å². The Kier molecular flexibility index (Phi) is 3.66. The highest BCUT2D eigenvalue weighted by atomic mass is 35.5. The Morgan fingerprint density at radius 1 is 1.33 bits per heavy atom. The first-order valence-electron chi connectivity index (χ1n) is 7.42. The number of aliphatic imine (C=N–C) groups is 1. The Balaban J connectivity index is 1.93. The lowest BCUT2D eigenvalue weighted by Gasteiger charge is -2.27. The molecule has 1 amide bonds. The van der Waals surface area contributed by atoms with Crippen molar-refractivity contribution in [1.29, 1.82) is 0 Å². The van der Waals surface area contributed by atoms with Crippen molar-refractivity contribution in [1.82, 2.24) is 10.6 Å². The van der Waals surface area contributed by atoms with Gasteiger partial charge < -0.3 is 5.32 Å². The van der Waals surface area contributed by atoms with Crippen LogP contribution >= 0.6 is 11.6 Å². The molecule has 1 aromatic carbocycles. The molecule has 1 heterocycles. The molecule has 0 spiro atoms. The van der Waals surface area contributed by atoms with Gasteiger partial charge in [-0.3, -0.25) is 15.1 Å². The lowest BCUT2D eigenvalue weighted by atomic mass is 9.85. The van der Waals surface area contributed by atoms with Gasteiger partial charge in [-0.25, -0.2) is 0 Å². The van der Waals surface area contributed by atoms with Gasteiger partial charge in [0.2, 0.25) is 0 Å². The van der Waals surface area contributed by atoms with Crippen molar-refractivity contribution in [2.45, 2.75) is 32.2 Å². The predicted octanol–water partition coefficient (Wildman–Crippen LogP) is 2.68. The van der Waals surface area contributed by atoms with Crippen molar-refractivity contribution < 1.29 is 4.79 Å². The van der Waals surface area contributed by atoms with E-state index in [4.69, 9.17) is 11.6 Å². The number of rotatable bonds is 4. The van der Waals surface area contributed by atoms with E-state index in [0.29, 0.717) is 29.4 Å². The van der Waals surface area contributed by atoms with E-state index >= 15 is 0 Å². The Morgan fingerprint density at radius 3 is 2.57 bits per heavy atom. The van der Waals surface area contributed by atoms with Crippen molar-refractivity contribution in [3.8, 4) is 0 Å². The highest BCUT2D eigenvalue weighted by Crippen LogP contribution is 2.47. The zero-order valence-corrected chi connectivity index (χ0v) is 13.1. The molecule has 0 bridgehead atoms. The molecule has 1 aliphatic heterocycles. The molecule has 5 heteroatoms. The Morgan fingerprint density at radius 2 is 2.00 bits per heavy atom. The fourth-order valence-corrected chi connectivity index (χ4v) is 2.92. The van der Waals surface area contributed by atoms with E-state index in [-0.39, 0.29) is 5.91 Å². The summed E-state index contributed by atoms with van der Waals surface area (Å²) in [6, 6.07) is 7.52. The topological polar surface area (TPSA) is 53.5 Å². The van der Waals surface area contributed by atoms with Gasteiger partial charge >= 0.3 is 0 Å². The lowest BCUT2D eigenvalue weighted by Crippen LogP contribution is -2.46. The molecule has 1 atom stereocenters. The average molecular weight is 306 g/mol. The van der Waals surface area contributed by atoms with Gasteiger partial charge in [-0.15, -0.1) is 0 Å². The molecule has 1 saturated heterocycles. The highest BCUT2D eigenvalue weighted by Gasteiger charge is 2.56. The molecule has 4 nitrogen and oxygen atoms in total. The van der Waals surface area contributed by atoms with Crippen LogP contribution in [0.3, 0.4) is 0 Å². The monoisotopic (exact) mass is 305 g/mol. The van der Waals surface area contributed by atoms with Gasteiger partial charge in [-0.2, -0.15) is 0 Å². The summed E-state index contributed by atoms with van der Waals surface area (Å²) in [5, 5.41) is 6.93. The SMILES string of the molecule is CC(C)CN=C1NC(=O)C(c2ccc(Cl)cc2)(C2CC2)N1. The third-order valence-electron chi connectivity index (χ3n) is 4.01. The molecule has 112 valence electrons. The minimum atomic E-state index is -0.680. The molecule has 1 unspecified atom stereocenters. The van der Waals surface area contributed by atoms with Crippen molar-refractivity contribution in [2.24, 2.45) is 16.8 Å². The van der Waals surface area contributed by atoms with E-state index in [2.05, 4.69) is 29.5 Å². The number of hydrogen-bond acceptors (Lipinski definition) is 2. The minimum Gasteiger partial charge on any atom is -0.338 e. The maximum atomic E-state index is 12.6. The smallest absolute Gasteiger partial charge is 0.257 e. The lowest BCUT2D eigenvalue weighted by molar-refractivity contribution is -0.125. The van der Waals surface area contributed by atoms with Crippen molar-refractivity contribution in [3.63, 3.8) is 0 Å². The minimum absolute atomic E-state index is 0.00479. The van der Waals surface area contributed by atoms with Gasteiger partial charge in [-0.1, -0.05) is 37.6 Å². The van der Waals surface area contributed by atoms with E-state index in [0.717, 1.165) is 18.4 Å². The zero-order valence-electron chi connectivity index (χ0n) is 12.3. The standard InChI is InChI=1S/C16H20ClN3O/c1-10(2)9-18-15-19-14(21)16(20-15,11-3-4-11)12-5-7-13(17)8-6-12/h5-8,10-11H,3-4,9H2,1-2H3,(H2,18,19,20,21). The maximum absolute atomic E-state index is 12.6. The molecule has 3 rings (SSSR count). The van der Waals surface area contributed by atoms with Gasteiger partial charge in [-0.05, 0) is 42.4 Å². The Labute approximate surface area is 130 Å². The summed E-state index contributed by atoms with van der Waals surface area (Å²) in [4.78, 5) is 17.1.